The Morgan fingerprint density at radius 1 is 1.11 bits per heavy atom. The lowest BCUT2D eigenvalue weighted by Crippen LogP contribution is -2.11. The van der Waals surface area contributed by atoms with Crippen LogP contribution in [0.1, 0.15) is 33.1 Å². The summed E-state index contributed by atoms with van der Waals surface area (Å²) in [5.41, 5.74) is 0. The van der Waals surface area contributed by atoms with Crippen molar-refractivity contribution in [2.45, 2.75) is 41.0 Å². The van der Waals surface area contributed by atoms with Gasteiger partial charge < -0.3 is 0 Å². The van der Waals surface area contributed by atoms with E-state index in [0.29, 0.717) is 0 Å². The Morgan fingerprint density at radius 2 is 1.67 bits per heavy atom. The minimum atomic E-state index is 0.878. The van der Waals surface area contributed by atoms with Crippen molar-refractivity contribution in [1.82, 2.24) is 0 Å². The molecule has 0 bridgehead atoms. The molecule has 2 atom stereocenters. The van der Waals surface area contributed by atoms with E-state index < -0.39 is 0 Å². The Hall–Kier alpha value is 1.46. The molecule has 56 valence electrons. The summed E-state index contributed by atoms with van der Waals surface area (Å²) in [5.74, 6) is 0. The summed E-state index contributed by atoms with van der Waals surface area (Å²) in [4.78, 5) is 0. The fourth-order valence-corrected chi connectivity index (χ4v) is 2.20. The Morgan fingerprint density at radius 3 is 2.00 bits per heavy atom. The monoisotopic (exact) mass is 352 g/mol. The predicted octanol–water partition coefficient (Wildman–Crippen LogP) is 3.80. The number of halogens is 2. The summed E-state index contributed by atoms with van der Waals surface area (Å²) in [5, 5.41) is 0. The molecule has 0 amide bonds. The van der Waals surface area contributed by atoms with E-state index in [2.05, 4.69) is 59.0 Å². The molecule has 9 heavy (non-hydrogen) atoms. The van der Waals surface area contributed by atoms with Crippen LogP contribution < -0.4 is 0 Å². The third kappa shape index (κ3) is 4.81. The van der Waals surface area contributed by atoms with Gasteiger partial charge in [0, 0.05) is 7.85 Å². The van der Waals surface area contributed by atoms with Gasteiger partial charge in [0.15, 0.2) is 0 Å². The van der Waals surface area contributed by atoms with Crippen LogP contribution in [0.4, 0.5) is 0 Å². The van der Waals surface area contributed by atoms with Crippen molar-refractivity contribution in [3.8, 4) is 0 Å². The van der Waals surface area contributed by atoms with Gasteiger partial charge in [-0.2, -0.15) is 0 Å². The Kier molecular flexibility index (Phi) is 7.19. The van der Waals surface area contributed by atoms with Crippen LogP contribution in [0, 0.1) is 0 Å². The van der Waals surface area contributed by atoms with E-state index in [1.165, 1.54) is 19.3 Å². The summed E-state index contributed by atoms with van der Waals surface area (Å²) in [7, 11) is 0. The van der Waals surface area contributed by atoms with Crippen LogP contribution in [0.25, 0.3) is 0 Å². The molecular formula is C7H14I2. The van der Waals surface area contributed by atoms with Gasteiger partial charge in [-0.1, -0.05) is 65.5 Å². The minimum Gasteiger partial charge on any atom is -0.0815 e. The molecule has 0 aliphatic heterocycles. The summed E-state index contributed by atoms with van der Waals surface area (Å²) in [6.07, 6.45) is 4.02. The van der Waals surface area contributed by atoms with E-state index in [1.54, 1.807) is 0 Å². The molecule has 0 rings (SSSR count). The molecule has 0 saturated heterocycles. The van der Waals surface area contributed by atoms with Crippen LogP contribution in [0.5, 0.6) is 0 Å². The average Bonchev–Trinajstić information content (AvgIpc) is 1.87. The second kappa shape index (κ2) is 6.19. The molecule has 2 unspecified atom stereocenters. The number of rotatable bonds is 4. The normalized spacial score (nSPS) is 17.3. The average molecular weight is 352 g/mol. The highest BCUT2D eigenvalue weighted by atomic mass is 127. The standard InChI is InChI=1S/C7H14I2/c1-3-5-7(9)6(8)4-2/h6-7H,3-5H2,1-2H3. The highest BCUT2D eigenvalue weighted by molar-refractivity contribution is 14.1. The van der Waals surface area contributed by atoms with Gasteiger partial charge >= 0.3 is 0 Å². The zero-order valence-electron chi connectivity index (χ0n) is 6.03. The first-order valence-corrected chi connectivity index (χ1v) is 5.99. The largest absolute Gasteiger partial charge is 0.0815 e. The van der Waals surface area contributed by atoms with Gasteiger partial charge in [0.2, 0.25) is 0 Å². The van der Waals surface area contributed by atoms with E-state index in [4.69, 9.17) is 0 Å². The van der Waals surface area contributed by atoms with Crippen LogP contribution in [0.2, 0.25) is 0 Å². The molecule has 0 saturated carbocycles. The van der Waals surface area contributed by atoms with E-state index in [-0.39, 0.29) is 0 Å². The maximum Gasteiger partial charge on any atom is 0.0227 e. The summed E-state index contributed by atoms with van der Waals surface area (Å²) in [6, 6.07) is 0. The first-order valence-electron chi connectivity index (χ1n) is 3.50. The predicted molar refractivity (Wildman–Crippen MR) is 60.8 cm³/mol. The molecule has 0 aliphatic rings. The van der Waals surface area contributed by atoms with Crippen LogP contribution in [0.15, 0.2) is 0 Å². The van der Waals surface area contributed by atoms with Crippen LogP contribution in [-0.4, -0.2) is 7.85 Å². The van der Waals surface area contributed by atoms with Crippen molar-refractivity contribution in [1.29, 1.82) is 0 Å². The van der Waals surface area contributed by atoms with Gasteiger partial charge in [-0.15, -0.1) is 0 Å². The van der Waals surface area contributed by atoms with Gasteiger partial charge in [-0.05, 0) is 12.8 Å². The topological polar surface area (TPSA) is 0 Å². The van der Waals surface area contributed by atoms with Crippen molar-refractivity contribution in [2.75, 3.05) is 0 Å². The lowest BCUT2D eigenvalue weighted by molar-refractivity contribution is 0.722. The highest BCUT2D eigenvalue weighted by Gasteiger charge is 2.10. The van der Waals surface area contributed by atoms with Crippen molar-refractivity contribution < 1.29 is 0 Å². The maximum absolute atomic E-state index is 2.56. The molecule has 0 spiro atoms. The molecule has 0 nitrogen and oxygen atoms in total. The third-order valence-corrected chi connectivity index (χ3v) is 5.96. The lowest BCUT2D eigenvalue weighted by Gasteiger charge is -2.12. The Bertz CT molecular complexity index is 63.9. The van der Waals surface area contributed by atoms with Gasteiger partial charge in [-0.25, -0.2) is 0 Å². The van der Waals surface area contributed by atoms with Crippen LogP contribution in [-0.2, 0) is 0 Å². The SMILES string of the molecule is CCCC(I)C(I)CC. The molecule has 0 N–H and O–H groups in total. The van der Waals surface area contributed by atoms with Crippen molar-refractivity contribution in [2.24, 2.45) is 0 Å². The van der Waals surface area contributed by atoms with Crippen molar-refractivity contribution >= 4 is 45.2 Å². The van der Waals surface area contributed by atoms with Crippen molar-refractivity contribution in [3.63, 3.8) is 0 Å². The molecule has 0 heterocycles. The van der Waals surface area contributed by atoms with Crippen LogP contribution >= 0.6 is 45.2 Å². The van der Waals surface area contributed by atoms with Gasteiger partial charge in [0.25, 0.3) is 0 Å². The second-order valence-corrected chi connectivity index (χ2v) is 5.43. The van der Waals surface area contributed by atoms with E-state index >= 15 is 0 Å². The van der Waals surface area contributed by atoms with E-state index in [0.717, 1.165) is 7.85 Å². The molecule has 2 heteroatoms. The quantitative estimate of drug-likeness (QED) is 0.533. The number of alkyl halides is 2. The van der Waals surface area contributed by atoms with E-state index in [1.807, 2.05) is 0 Å². The fraction of sp³-hybridized carbons (Fsp3) is 1.00. The summed E-state index contributed by atoms with van der Waals surface area (Å²) in [6.45, 7) is 4.52. The van der Waals surface area contributed by atoms with Gasteiger partial charge in [0.05, 0.1) is 0 Å². The molecular weight excluding hydrogens is 338 g/mol. The highest BCUT2D eigenvalue weighted by Crippen LogP contribution is 2.22. The molecule has 0 aromatic heterocycles. The van der Waals surface area contributed by atoms with Crippen molar-refractivity contribution in [3.05, 3.63) is 0 Å². The number of hydrogen-bond acceptors (Lipinski definition) is 0. The zero-order valence-corrected chi connectivity index (χ0v) is 10.3. The second-order valence-electron chi connectivity index (χ2n) is 2.23. The smallest absolute Gasteiger partial charge is 0.0227 e. The molecule has 0 radical (unpaired) electrons. The zero-order chi connectivity index (χ0) is 7.28. The first kappa shape index (κ1) is 10.5. The molecule has 0 aliphatic carbocycles. The lowest BCUT2D eigenvalue weighted by atomic mass is 10.2. The number of hydrogen-bond donors (Lipinski definition) is 0. The van der Waals surface area contributed by atoms with Gasteiger partial charge in [0.1, 0.15) is 0 Å². The Labute approximate surface area is 85.5 Å². The fourth-order valence-electron chi connectivity index (χ4n) is 0.712. The molecule has 0 aromatic rings. The minimum absolute atomic E-state index is 0.878. The first-order chi connectivity index (χ1) is 4.22. The maximum atomic E-state index is 2.56. The Balaban J connectivity index is 3.32. The van der Waals surface area contributed by atoms with E-state index in [9.17, 15) is 0 Å². The van der Waals surface area contributed by atoms with Gasteiger partial charge in [-0.3, -0.25) is 0 Å². The third-order valence-electron chi connectivity index (χ3n) is 1.35. The van der Waals surface area contributed by atoms with Crippen LogP contribution in [0.3, 0.4) is 0 Å². The molecule has 0 fully saturated rings. The summed E-state index contributed by atoms with van der Waals surface area (Å²) >= 11 is 5.11. The molecule has 0 aromatic carbocycles. The summed E-state index contributed by atoms with van der Waals surface area (Å²) < 4.78 is 1.77.